The van der Waals surface area contributed by atoms with Crippen LogP contribution in [0.15, 0.2) is 11.5 Å². The van der Waals surface area contributed by atoms with Gasteiger partial charge < -0.3 is 85.1 Å². The van der Waals surface area contributed by atoms with Crippen LogP contribution in [-0.2, 0) is 38.1 Å². The van der Waals surface area contributed by atoms with E-state index < -0.39 is 140 Å². The summed E-state index contributed by atoms with van der Waals surface area (Å²) in [6, 6.07) is 0. The zero-order valence-corrected chi connectivity index (χ0v) is 25.5. The molecule has 4 rings (SSSR count). The van der Waals surface area contributed by atoms with Crippen LogP contribution < -0.4 is 0 Å². The number of hydrogen-bond acceptors (Lipinski definition) is 20. The van der Waals surface area contributed by atoms with Crippen LogP contribution in [0.2, 0.25) is 0 Å². The Morgan fingerprint density at radius 3 is 2.35 bits per heavy atom. The third-order valence-electron chi connectivity index (χ3n) is 8.93. The SMILES string of the molecule is O=C(CCCO[C@H]1O[C@@H](O)C(O)C1(CCO)O[C@@H](O)C1C(O[C@@H]2OC(CO)C(O)=C(O)C2O)C(CO)[C@@H](O)C1O)O[N+]1([O-])CCCC1=O. The van der Waals surface area contributed by atoms with Crippen molar-refractivity contribution in [1.82, 2.24) is 0 Å². The molecule has 276 valence electrons. The molecular formula is C27H43NO20. The molecule has 0 aromatic heterocycles. The Bertz CT molecular complexity index is 1160. The second kappa shape index (κ2) is 15.8. The molecule has 0 radical (unpaired) electrons. The fourth-order valence-electron chi connectivity index (χ4n) is 6.28. The Morgan fingerprint density at radius 2 is 1.75 bits per heavy atom. The van der Waals surface area contributed by atoms with Gasteiger partial charge in [-0.3, -0.25) is 4.84 Å². The summed E-state index contributed by atoms with van der Waals surface area (Å²) in [4.78, 5) is 26.9. The minimum Gasteiger partial charge on any atom is -0.582 e. The first-order valence-corrected chi connectivity index (χ1v) is 15.3. The summed E-state index contributed by atoms with van der Waals surface area (Å²) >= 11 is 0. The number of quaternary nitrogens is 1. The lowest BCUT2D eigenvalue weighted by Gasteiger charge is -2.41. The van der Waals surface area contributed by atoms with Gasteiger partial charge in [-0.05, 0) is 6.42 Å². The van der Waals surface area contributed by atoms with Crippen molar-refractivity contribution in [2.75, 3.05) is 33.0 Å². The number of hydrogen-bond donors (Lipinski definition) is 11. The number of hydroxylamine groups is 4. The molecule has 0 bridgehead atoms. The Labute approximate surface area is 272 Å². The standard InChI is InChI=1S/C27H43NO20/c29-7-5-27(22(39)24(41)46-26(27)43-8-2-4-14(33)48-28(42)6-1-3-13(28)32)47-23(40)15-18(36)16(34)11(9-30)21(15)45-25-20(38)19(37)17(35)12(10-31)44-25/h11-12,15-16,18,20-26,29-31,34-41H,1-10H2/t11?,12?,15?,16-,18?,20?,21?,22?,23-,24-,25+,26+,27?,28?/m1/s1. The molecule has 14 atom stereocenters. The summed E-state index contributed by atoms with van der Waals surface area (Å²) in [7, 11) is 0. The summed E-state index contributed by atoms with van der Waals surface area (Å²) in [5.41, 5.74) is -2.29. The number of amides is 1. The largest absolute Gasteiger partial charge is 0.582 e. The summed E-state index contributed by atoms with van der Waals surface area (Å²) in [6.45, 7) is -3.07. The van der Waals surface area contributed by atoms with Crippen LogP contribution in [0, 0.1) is 17.0 Å². The maximum Gasteiger partial charge on any atom is 0.367 e. The summed E-state index contributed by atoms with van der Waals surface area (Å²) in [5, 5.41) is 126. The molecule has 1 amide bonds. The molecule has 3 aliphatic heterocycles. The van der Waals surface area contributed by atoms with Crippen molar-refractivity contribution in [3.63, 3.8) is 0 Å². The van der Waals surface area contributed by atoms with Crippen molar-refractivity contribution >= 4 is 11.9 Å². The van der Waals surface area contributed by atoms with Crippen molar-refractivity contribution in [3.05, 3.63) is 16.7 Å². The fraction of sp³-hybridized carbons (Fsp3) is 0.852. The van der Waals surface area contributed by atoms with Crippen LogP contribution in [0.4, 0.5) is 0 Å². The number of carbonyl (C=O) groups excluding carboxylic acids is 2. The highest BCUT2D eigenvalue weighted by molar-refractivity contribution is 5.73. The highest BCUT2D eigenvalue weighted by Crippen LogP contribution is 2.44. The Kier molecular flexibility index (Phi) is 12.7. The lowest BCUT2D eigenvalue weighted by molar-refractivity contribution is -0.979. The van der Waals surface area contributed by atoms with Crippen LogP contribution in [0.1, 0.15) is 32.1 Å². The Balaban J connectivity index is 1.48. The van der Waals surface area contributed by atoms with E-state index in [1.165, 1.54) is 0 Å². The monoisotopic (exact) mass is 701 g/mol. The van der Waals surface area contributed by atoms with E-state index in [1.807, 2.05) is 0 Å². The second-order valence-corrected chi connectivity index (χ2v) is 12.0. The molecule has 0 spiro atoms. The lowest BCUT2D eigenvalue weighted by atomic mass is 9.92. The lowest BCUT2D eigenvalue weighted by Crippen LogP contribution is -2.57. The number of aliphatic hydroxyl groups is 11. The first kappa shape index (κ1) is 38.6. The van der Waals surface area contributed by atoms with Gasteiger partial charge in [0.15, 0.2) is 48.4 Å². The normalized spacial score (nSPS) is 42.5. The van der Waals surface area contributed by atoms with Crippen LogP contribution in [0.5, 0.6) is 0 Å². The van der Waals surface area contributed by atoms with Crippen LogP contribution in [-0.4, -0.2) is 173 Å². The maximum atomic E-state index is 12.3. The topological polar surface area (TPSA) is 335 Å². The van der Waals surface area contributed by atoms with E-state index in [2.05, 4.69) is 0 Å². The molecule has 21 nitrogen and oxygen atoms in total. The molecule has 4 aliphatic rings. The minimum absolute atomic E-state index is 0.0291. The van der Waals surface area contributed by atoms with E-state index >= 15 is 0 Å². The number of nitrogens with zero attached hydrogens (tertiary/aromatic N) is 1. The molecule has 1 saturated carbocycles. The summed E-state index contributed by atoms with van der Waals surface area (Å²) < 4.78 is 27.5. The van der Waals surface area contributed by atoms with Gasteiger partial charge in [-0.2, -0.15) is 0 Å². The predicted molar refractivity (Wildman–Crippen MR) is 147 cm³/mol. The number of aliphatic hydroxyl groups excluding tert-OH is 11. The first-order valence-electron chi connectivity index (χ1n) is 15.3. The quantitative estimate of drug-likeness (QED) is 0.0330. The Morgan fingerprint density at radius 1 is 1.04 bits per heavy atom. The van der Waals surface area contributed by atoms with Gasteiger partial charge in [0.25, 0.3) is 0 Å². The number of ether oxygens (including phenoxy) is 5. The van der Waals surface area contributed by atoms with E-state index in [1.54, 1.807) is 0 Å². The average molecular weight is 702 g/mol. The van der Waals surface area contributed by atoms with Crippen LogP contribution in [0.25, 0.3) is 0 Å². The van der Waals surface area contributed by atoms with Crippen molar-refractivity contribution in [1.29, 1.82) is 0 Å². The summed E-state index contributed by atoms with van der Waals surface area (Å²) in [5.74, 6) is -6.85. The van der Waals surface area contributed by atoms with E-state index in [0.29, 0.717) is 0 Å². The van der Waals surface area contributed by atoms with Crippen molar-refractivity contribution < 1.29 is 99.1 Å². The molecule has 11 N–H and O–H groups in total. The zero-order valence-electron chi connectivity index (χ0n) is 25.5. The van der Waals surface area contributed by atoms with Gasteiger partial charge in [0.2, 0.25) is 0 Å². The van der Waals surface area contributed by atoms with Gasteiger partial charge >= 0.3 is 11.9 Å². The smallest absolute Gasteiger partial charge is 0.367 e. The van der Waals surface area contributed by atoms with E-state index in [9.17, 15) is 71.0 Å². The van der Waals surface area contributed by atoms with Gasteiger partial charge in [-0.25, -0.2) is 9.59 Å². The molecule has 0 aromatic rings. The first-order chi connectivity index (χ1) is 22.6. The van der Waals surface area contributed by atoms with Gasteiger partial charge in [0, 0.05) is 25.4 Å². The van der Waals surface area contributed by atoms with Crippen molar-refractivity contribution in [2.24, 2.45) is 11.8 Å². The third kappa shape index (κ3) is 7.46. The molecular weight excluding hydrogens is 658 g/mol. The minimum atomic E-state index is -2.29. The molecule has 0 aromatic carbocycles. The van der Waals surface area contributed by atoms with Gasteiger partial charge in [-0.1, -0.05) is 0 Å². The van der Waals surface area contributed by atoms with Crippen molar-refractivity contribution in [2.45, 2.75) is 99.5 Å². The van der Waals surface area contributed by atoms with Gasteiger partial charge in [-0.15, -0.1) is 4.81 Å². The van der Waals surface area contributed by atoms with Crippen LogP contribution in [0.3, 0.4) is 0 Å². The molecule has 3 heterocycles. The predicted octanol–water partition coefficient (Wildman–Crippen LogP) is -4.88. The zero-order chi connectivity index (χ0) is 35.6. The third-order valence-corrected chi connectivity index (χ3v) is 8.93. The maximum absolute atomic E-state index is 12.3. The highest BCUT2D eigenvalue weighted by atomic mass is 16.9. The van der Waals surface area contributed by atoms with Gasteiger partial charge in [0.05, 0.1) is 56.9 Å². The van der Waals surface area contributed by atoms with Gasteiger partial charge in [0.1, 0.15) is 18.8 Å². The molecule has 21 heteroatoms. The number of rotatable bonds is 15. The molecule has 2 saturated heterocycles. The molecule has 48 heavy (non-hydrogen) atoms. The van der Waals surface area contributed by atoms with E-state index in [4.69, 9.17) is 28.5 Å². The van der Waals surface area contributed by atoms with Crippen molar-refractivity contribution in [3.8, 4) is 0 Å². The molecule has 3 fully saturated rings. The number of carbonyl (C=O) groups is 2. The van der Waals surface area contributed by atoms with Crippen LogP contribution >= 0.6 is 0 Å². The molecule has 9 unspecified atom stereocenters. The molecule has 1 aliphatic carbocycles. The summed E-state index contributed by atoms with van der Waals surface area (Å²) in [6.07, 6.45) is -19.8. The average Bonchev–Trinajstić information content (AvgIpc) is 3.58. The highest BCUT2D eigenvalue weighted by Gasteiger charge is 2.62. The fourth-order valence-corrected chi connectivity index (χ4v) is 6.28. The van der Waals surface area contributed by atoms with E-state index in [-0.39, 0.29) is 32.4 Å². The Hall–Kier alpha value is -2.16. The van der Waals surface area contributed by atoms with E-state index in [0.717, 1.165) is 0 Å². The second-order valence-electron chi connectivity index (χ2n) is 12.0.